The van der Waals surface area contributed by atoms with E-state index in [-0.39, 0.29) is 12.3 Å². The smallest absolute Gasteiger partial charge is 0.220 e. The van der Waals surface area contributed by atoms with Crippen molar-refractivity contribution in [2.75, 3.05) is 31.1 Å². The van der Waals surface area contributed by atoms with Crippen LogP contribution < -0.4 is 4.90 Å². The molecule has 0 unspecified atom stereocenters. The van der Waals surface area contributed by atoms with E-state index in [0.29, 0.717) is 43.2 Å². The van der Waals surface area contributed by atoms with E-state index in [4.69, 9.17) is 4.52 Å². The Bertz CT molecular complexity index is 854. The molecule has 3 rings (SSSR count). The highest BCUT2D eigenvalue weighted by Crippen LogP contribution is 2.21. The molecule has 6 nitrogen and oxygen atoms in total. The van der Waals surface area contributed by atoms with Crippen LogP contribution in [0.15, 0.2) is 28.8 Å². The van der Waals surface area contributed by atoms with Gasteiger partial charge in [0, 0.05) is 44.0 Å². The Hall–Kier alpha value is -2.00. The van der Waals surface area contributed by atoms with Crippen molar-refractivity contribution in [3.8, 4) is 0 Å². The third kappa shape index (κ3) is 4.16. The number of anilines is 1. The summed E-state index contributed by atoms with van der Waals surface area (Å²) in [6.07, 6.45) is 0.593. The lowest BCUT2D eigenvalue weighted by Crippen LogP contribution is -2.36. The van der Waals surface area contributed by atoms with E-state index < -0.39 is 21.7 Å². The monoisotopic (exact) mass is 371 g/mol. The standard InChI is InChI=1S/C16H19F2N3O3S/c1-12-9-13(19-24-12)11-25(22,23)21-6-2-5-20(7-8-21)14-3-4-15(17)16(18)10-14/h3-4,9-10H,2,5-8,11H2,1H3. The summed E-state index contributed by atoms with van der Waals surface area (Å²) in [6.45, 7) is 3.33. The third-order valence-corrected chi connectivity index (χ3v) is 5.94. The number of rotatable bonds is 4. The summed E-state index contributed by atoms with van der Waals surface area (Å²) in [6, 6.07) is 5.32. The van der Waals surface area contributed by atoms with Gasteiger partial charge in [-0.05, 0) is 25.5 Å². The van der Waals surface area contributed by atoms with E-state index in [1.54, 1.807) is 13.0 Å². The zero-order chi connectivity index (χ0) is 18.0. The molecule has 1 aromatic carbocycles. The molecule has 0 saturated carbocycles. The Kier molecular flexibility index (Phi) is 5.05. The lowest BCUT2D eigenvalue weighted by atomic mass is 10.2. The van der Waals surface area contributed by atoms with Crippen LogP contribution in [0, 0.1) is 18.6 Å². The molecule has 136 valence electrons. The predicted octanol–water partition coefficient (Wildman–Crippen LogP) is 2.30. The molecule has 9 heteroatoms. The molecule has 0 atom stereocenters. The number of hydrogen-bond donors (Lipinski definition) is 0. The second kappa shape index (κ2) is 7.09. The summed E-state index contributed by atoms with van der Waals surface area (Å²) in [4.78, 5) is 1.86. The van der Waals surface area contributed by atoms with E-state index in [0.717, 1.165) is 12.1 Å². The van der Waals surface area contributed by atoms with Crippen molar-refractivity contribution in [2.24, 2.45) is 0 Å². The molecule has 0 radical (unpaired) electrons. The van der Waals surface area contributed by atoms with Crippen LogP contribution in [-0.2, 0) is 15.8 Å². The Labute approximate surface area is 145 Å². The first-order chi connectivity index (χ1) is 11.8. The van der Waals surface area contributed by atoms with Gasteiger partial charge in [-0.1, -0.05) is 5.16 Å². The minimum Gasteiger partial charge on any atom is -0.370 e. The second-order valence-corrected chi connectivity index (χ2v) is 7.99. The zero-order valence-electron chi connectivity index (χ0n) is 13.8. The summed E-state index contributed by atoms with van der Waals surface area (Å²) in [5.41, 5.74) is 0.921. The molecular formula is C16H19F2N3O3S. The van der Waals surface area contributed by atoms with Crippen LogP contribution in [0.4, 0.5) is 14.5 Å². The number of hydrogen-bond acceptors (Lipinski definition) is 5. The van der Waals surface area contributed by atoms with Crippen molar-refractivity contribution in [3.63, 3.8) is 0 Å². The predicted molar refractivity (Wildman–Crippen MR) is 88.6 cm³/mol. The SMILES string of the molecule is Cc1cc(CS(=O)(=O)N2CCCN(c3ccc(F)c(F)c3)CC2)no1. The number of sulfonamides is 1. The Morgan fingerprint density at radius 1 is 1.12 bits per heavy atom. The molecule has 1 aliphatic rings. The summed E-state index contributed by atoms with van der Waals surface area (Å²) >= 11 is 0. The van der Waals surface area contributed by atoms with Gasteiger partial charge in [-0.25, -0.2) is 17.2 Å². The lowest BCUT2D eigenvalue weighted by Gasteiger charge is -2.23. The number of aryl methyl sites for hydroxylation is 1. The number of halogens is 2. The highest BCUT2D eigenvalue weighted by Gasteiger charge is 2.26. The van der Waals surface area contributed by atoms with E-state index in [2.05, 4.69) is 5.16 Å². The van der Waals surface area contributed by atoms with Crippen molar-refractivity contribution >= 4 is 15.7 Å². The summed E-state index contributed by atoms with van der Waals surface area (Å²) in [5.74, 6) is -1.46. The fourth-order valence-electron chi connectivity index (χ4n) is 2.88. The average Bonchev–Trinajstić information content (AvgIpc) is 2.81. The first kappa shape index (κ1) is 17.8. The van der Waals surface area contributed by atoms with Crippen molar-refractivity contribution < 1.29 is 21.7 Å². The summed E-state index contributed by atoms with van der Waals surface area (Å²) in [5, 5.41) is 3.73. The molecule has 2 heterocycles. The van der Waals surface area contributed by atoms with Crippen LogP contribution >= 0.6 is 0 Å². The Balaban J connectivity index is 1.69. The minimum absolute atomic E-state index is 0.213. The van der Waals surface area contributed by atoms with Gasteiger partial charge < -0.3 is 9.42 Å². The van der Waals surface area contributed by atoms with Gasteiger partial charge in [-0.3, -0.25) is 0 Å². The fraction of sp³-hybridized carbons (Fsp3) is 0.438. The molecule has 1 fully saturated rings. The Morgan fingerprint density at radius 3 is 2.60 bits per heavy atom. The van der Waals surface area contributed by atoms with Crippen LogP contribution in [0.5, 0.6) is 0 Å². The van der Waals surface area contributed by atoms with Gasteiger partial charge in [0.1, 0.15) is 17.2 Å². The molecule has 0 bridgehead atoms. The first-order valence-electron chi connectivity index (χ1n) is 7.95. The average molecular weight is 371 g/mol. The van der Waals surface area contributed by atoms with Gasteiger partial charge >= 0.3 is 0 Å². The molecule has 1 saturated heterocycles. The van der Waals surface area contributed by atoms with Crippen molar-refractivity contribution in [2.45, 2.75) is 19.1 Å². The molecule has 0 N–H and O–H groups in total. The van der Waals surface area contributed by atoms with Crippen LogP contribution in [0.2, 0.25) is 0 Å². The van der Waals surface area contributed by atoms with Gasteiger partial charge in [0.15, 0.2) is 11.6 Å². The number of nitrogens with zero attached hydrogens (tertiary/aromatic N) is 3. The number of aromatic nitrogens is 1. The van der Waals surface area contributed by atoms with Gasteiger partial charge in [0.25, 0.3) is 0 Å². The molecular weight excluding hydrogens is 352 g/mol. The highest BCUT2D eigenvalue weighted by molar-refractivity contribution is 7.88. The normalized spacial score (nSPS) is 16.8. The topological polar surface area (TPSA) is 66.7 Å². The van der Waals surface area contributed by atoms with Crippen molar-refractivity contribution in [1.29, 1.82) is 0 Å². The minimum atomic E-state index is -3.52. The molecule has 2 aromatic rings. The third-order valence-electron chi connectivity index (χ3n) is 4.12. The summed E-state index contributed by atoms with van der Waals surface area (Å²) < 4.78 is 58.0. The quantitative estimate of drug-likeness (QED) is 0.825. The van der Waals surface area contributed by atoms with Crippen molar-refractivity contribution in [3.05, 3.63) is 47.4 Å². The van der Waals surface area contributed by atoms with E-state index in [9.17, 15) is 17.2 Å². The van der Waals surface area contributed by atoms with Crippen LogP contribution in [0.3, 0.4) is 0 Å². The zero-order valence-corrected chi connectivity index (χ0v) is 14.6. The summed E-state index contributed by atoms with van der Waals surface area (Å²) in [7, 11) is -3.52. The first-order valence-corrected chi connectivity index (χ1v) is 9.56. The molecule has 0 amide bonds. The largest absolute Gasteiger partial charge is 0.370 e. The highest BCUT2D eigenvalue weighted by atomic mass is 32.2. The van der Waals surface area contributed by atoms with Gasteiger partial charge in [-0.2, -0.15) is 4.31 Å². The fourth-order valence-corrected chi connectivity index (χ4v) is 4.34. The van der Waals surface area contributed by atoms with Crippen LogP contribution in [0.25, 0.3) is 0 Å². The maximum Gasteiger partial charge on any atom is 0.220 e. The Morgan fingerprint density at radius 2 is 1.92 bits per heavy atom. The van der Waals surface area contributed by atoms with Crippen LogP contribution in [-0.4, -0.2) is 44.1 Å². The van der Waals surface area contributed by atoms with Gasteiger partial charge in [0.05, 0.1) is 0 Å². The van der Waals surface area contributed by atoms with Gasteiger partial charge in [-0.15, -0.1) is 0 Å². The van der Waals surface area contributed by atoms with Crippen molar-refractivity contribution in [1.82, 2.24) is 9.46 Å². The van der Waals surface area contributed by atoms with E-state index >= 15 is 0 Å². The number of benzene rings is 1. The van der Waals surface area contributed by atoms with E-state index in [1.807, 2.05) is 4.90 Å². The molecule has 0 spiro atoms. The maximum atomic E-state index is 13.4. The molecule has 1 aliphatic heterocycles. The van der Waals surface area contributed by atoms with Gasteiger partial charge in [0.2, 0.25) is 10.0 Å². The lowest BCUT2D eigenvalue weighted by molar-refractivity contribution is 0.390. The molecule has 0 aliphatic carbocycles. The molecule has 1 aromatic heterocycles. The molecule has 25 heavy (non-hydrogen) atoms. The van der Waals surface area contributed by atoms with Crippen LogP contribution in [0.1, 0.15) is 17.9 Å². The van der Waals surface area contributed by atoms with E-state index in [1.165, 1.54) is 10.4 Å². The maximum absolute atomic E-state index is 13.4. The second-order valence-electron chi connectivity index (χ2n) is 6.02.